The van der Waals surface area contributed by atoms with Crippen LogP contribution in [0.15, 0.2) is 53.3 Å². The van der Waals surface area contributed by atoms with Crippen molar-refractivity contribution in [2.24, 2.45) is 23.0 Å². The third kappa shape index (κ3) is 4.75. The minimum atomic E-state index is -2.60. The van der Waals surface area contributed by atoms with Gasteiger partial charge in [0.1, 0.15) is 22.8 Å². The molecule has 3 aliphatic carbocycles. The van der Waals surface area contributed by atoms with Gasteiger partial charge in [-0.05, 0) is 65.5 Å². The van der Waals surface area contributed by atoms with Gasteiger partial charge < -0.3 is 31.5 Å². The van der Waals surface area contributed by atoms with E-state index in [2.05, 4.69) is 26.1 Å². The fourth-order valence-corrected chi connectivity index (χ4v) is 6.34. The number of benzene rings is 2. The van der Waals surface area contributed by atoms with Crippen molar-refractivity contribution in [2.75, 3.05) is 5.32 Å². The number of hydrogen-bond acceptors (Lipinski definition) is 8. The number of nitrogens with two attached hydrogens (primary N) is 1. The molecule has 1 fully saturated rings. The number of nitrogens with one attached hydrogen (secondary N) is 1. The molecule has 2 aromatic rings. The summed E-state index contributed by atoms with van der Waals surface area (Å²) in [5, 5.41) is 47.1. The molecular weight excluding hydrogens is 540 g/mol. The fourth-order valence-electron chi connectivity index (χ4n) is 6.34. The number of carbonyl (C=O) groups is 4. The largest absolute Gasteiger partial charge is 0.508 e. The summed E-state index contributed by atoms with van der Waals surface area (Å²) in [6.45, 7) is 6.21. The van der Waals surface area contributed by atoms with Crippen LogP contribution < -0.4 is 11.1 Å². The Labute approximate surface area is 242 Å². The van der Waals surface area contributed by atoms with Crippen LogP contribution >= 0.6 is 0 Å². The van der Waals surface area contributed by atoms with E-state index in [1.807, 2.05) is 0 Å². The highest BCUT2D eigenvalue weighted by Gasteiger charge is 2.60. The van der Waals surface area contributed by atoms with Gasteiger partial charge in [0.2, 0.25) is 11.7 Å². The highest BCUT2D eigenvalue weighted by Crippen LogP contribution is 2.53. The van der Waals surface area contributed by atoms with Gasteiger partial charge in [-0.15, -0.1) is 0 Å². The Morgan fingerprint density at radius 3 is 2.31 bits per heavy atom. The van der Waals surface area contributed by atoms with Crippen molar-refractivity contribution in [3.63, 3.8) is 0 Å². The van der Waals surface area contributed by atoms with Gasteiger partial charge in [0.05, 0.1) is 5.56 Å². The molecular formula is C32H34N2O8. The second-order valence-corrected chi connectivity index (χ2v) is 12.6. The number of Topliss-reactive ketones (excluding diaryl/α,β-unsaturated/α-hetero) is 2. The predicted molar refractivity (Wildman–Crippen MR) is 154 cm³/mol. The number of phenols is 1. The van der Waals surface area contributed by atoms with Crippen LogP contribution in [-0.4, -0.2) is 49.4 Å². The summed E-state index contributed by atoms with van der Waals surface area (Å²) in [5.74, 6) is -6.73. The number of aliphatic hydroxyl groups is 3. The first-order valence-corrected chi connectivity index (χ1v) is 13.9. The van der Waals surface area contributed by atoms with Gasteiger partial charge in [0.25, 0.3) is 5.91 Å². The Kier molecular flexibility index (Phi) is 7.01. The van der Waals surface area contributed by atoms with E-state index in [0.717, 1.165) is 12.0 Å². The van der Waals surface area contributed by atoms with Crippen molar-refractivity contribution in [3.05, 3.63) is 64.4 Å². The average molecular weight is 575 g/mol. The lowest BCUT2D eigenvalue weighted by Gasteiger charge is -2.46. The van der Waals surface area contributed by atoms with E-state index in [-0.39, 0.29) is 47.5 Å². The molecule has 0 spiro atoms. The van der Waals surface area contributed by atoms with E-state index in [0.29, 0.717) is 23.2 Å². The summed E-state index contributed by atoms with van der Waals surface area (Å²) in [6, 6.07) is 10.2. The number of hydrogen-bond donors (Lipinski definition) is 6. The van der Waals surface area contributed by atoms with Crippen LogP contribution in [0, 0.1) is 17.3 Å². The Balaban J connectivity index is 1.50. The Hall–Kier alpha value is -4.44. The molecule has 0 saturated heterocycles. The second kappa shape index (κ2) is 10.1. The van der Waals surface area contributed by atoms with Crippen LogP contribution in [0.5, 0.6) is 5.75 Å². The fraction of sp³-hybridized carbons (Fsp3) is 0.375. The minimum absolute atomic E-state index is 0.0270. The van der Waals surface area contributed by atoms with Crippen LogP contribution in [0.25, 0.3) is 16.9 Å². The number of ketones is 2. The van der Waals surface area contributed by atoms with Gasteiger partial charge in [0, 0.05) is 30.0 Å². The van der Waals surface area contributed by atoms with Gasteiger partial charge in [-0.3, -0.25) is 19.2 Å². The highest BCUT2D eigenvalue weighted by atomic mass is 16.3. The number of aliphatic hydroxyl groups excluding tert-OH is 2. The SMILES string of the molecule is CC(C)(C)CCC(=O)Nc1ccc(-c2ccc(O)c3c2C[C@H]2C[C@H]4CC(=O)C(C(N)=O)=C(O)[C@@]4(O)C(=O)C2=C3O)cc1. The van der Waals surface area contributed by atoms with Crippen LogP contribution in [0.4, 0.5) is 5.69 Å². The number of amides is 2. The van der Waals surface area contributed by atoms with Crippen LogP contribution in [-0.2, 0) is 25.6 Å². The maximum absolute atomic E-state index is 13.7. The molecule has 2 amide bonds. The molecule has 3 aliphatic rings. The number of carbonyl (C=O) groups excluding carboxylic acids is 4. The molecule has 0 aliphatic heterocycles. The van der Waals surface area contributed by atoms with Crippen molar-refractivity contribution in [1.29, 1.82) is 0 Å². The van der Waals surface area contributed by atoms with Gasteiger partial charge in [0.15, 0.2) is 11.4 Å². The molecule has 1 saturated carbocycles. The van der Waals surface area contributed by atoms with Crippen LogP contribution in [0.1, 0.15) is 57.6 Å². The van der Waals surface area contributed by atoms with E-state index in [1.165, 1.54) is 6.07 Å². The average Bonchev–Trinajstić information content (AvgIpc) is 2.90. The number of primary amides is 1. The van der Waals surface area contributed by atoms with E-state index >= 15 is 0 Å². The minimum Gasteiger partial charge on any atom is -0.508 e. The monoisotopic (exact) mass is 574 g/mol. The molecule has 10 heteroatoms. The standard InChI is InChI=1S/C32H34N2O8/c1-31(2,3)11-10-23(37)34-18-6-4-15(5-7-18)19-8-9-21(35)25-20(19)13-16-12-17-14-22(36)26(30(33)41)29(40)32(17,42)28(39)24(16)27(25)38/h4-9,16-17,35,38,40,42H,10-14H2,1-3H3,(H2,33,41)(H,34,37)/t16-,17+,32+/m1/s1. The molecule has 0 heterocycles. The Bertz CT molecular complexity index is 1600. The zero-order chi connectivity index (χ0) is 30.7. The van der Waals surface area contributed by atoms with Gasteiger partial charge in [-0.1, -0.05) is 39.0 Å². The van der Waals surface area contributed by atoms with Gasteiger partial charge >= 0.3 is 0 Å². The normalized spacial score (nSPS) is 23.7. The van der Waals surface area contributed by atoms with Gasteiger partial charge in [-0.2, -0.15) is 0 Å². The van der Waals surface area contributed by atoms with E-state index < -0.39 is 52.0 Å². The number of anilines is 1. The summed E-state index contributed by atoms with van der Waals surface area (Å²) in [4.78, 5) is 50.4. The molecule has 42 heavy (non-hydrogen) atoms. The third-order valence-corrected chi connectivity index (χ3v) is 8.53. The summed E-state index contributed by atoms with van der Waals surface area (Å²) in [7, 11) is 0. The number of rotatable bonds is 5. The van der Waals surface area contributed by atoms with Crippen LogP contribution in [0.2, 0.25) is 0 Å². The summed E-state index contributed by atoms with van der Waals surface area (Å²) < 4.78 is 0. The van der Waals surface area contributed by atoms with Crippen molar-refractivity contribution in [3.8, 4) is 16.9 Å². The van der Waals surface area contributed by atoms with Crippen molar-refractivity contribution in [2.45, 2.75) is 58.5 Å². The van der Waals surface area contributed by atoms with Crippen molar-refractivity contribution < 1.29 is 39.6 Å². The van der Waals surface area contributed by atoms with E-state index in [9.17, 15) is 39.6 Å². The quantitative estimate of drug-likeness (QED) is 0.290. The molecule has 0 unspecified atom stereocenters. The maximum Gasteiger partial charge on any atom is 0.255 e. The van der Waals surface area contributed by atoms with E-state index in [4.69, 9.17) is 5.73 Å². The number of phenolic OH excluding ortho intramolecular Hbond substituents is 1. The molecule has 3 atom stereocenters. The third-order valence-electron chi connectivity index (χ3n) is 8.53. The molecule has 7 N–H and O–H groups in total. The molecule has 2 aromatic carbocycles. The Morgan fingerprint density at radius 1 is 1.02 bits per heavy atom. The molecule has 220 valence electrons. The number of fused-ring (bicyclic) bond motifs is 3. The molecule has 0 aromatic heterocycles. The molecule has 10 nitrogen and oxygen atoms in total. The number of aromatic hydroxyl groups is 1. The molecule has 0 radical (unpaired) electrons. The highest BCUT2D eigenvalue weighted by molar-refractivity contribution is 6.22. The van der Waals surface area contributed by atoms with Crippen molar-refractivity contribution >= 4 is 34.8 Å². The molecule has 0 bridgehead atoms. The molecule has 5 rings (SSSR count). The first kappa shape index (κ1) is 29.1. The zero-order valence-corrected chi connectivity index (χ0v) is 23.7. The first-order valence-electron chi connectivity index (χ1n) is 13.9. The predicted octanol–water partition coefficient (Wildman–Crippen LogP) is 3.86. The smallest absolute Gasteiger partial charge is 0.255 e. The second-order valence-electron chi connectivity index (χ2n) is 12.6. The Morgan fingerprint density at radius 2 is 1.69 bits per heavy atom. The van der Waals surface area contributed by atoms with Gasteiger partial charge in [-0.25, -0.2) is 0 Å². The lowest BCUT2D eigenvalue weighted by atomic mass is 9.59. The lowest BCUT2D eigenvalue weighted by Crippen LogP contribution is -2.58. The topological polar surface area (TPSA) is 187 Å². The summed E-state index contributed by atoms with van der Waals surface area (Å²) in [5.41, 5.74) is 4.31. The first-order chi connectivity index (χ1) is 19.6. The lowest BCUT2D eigenvalue weighted by molar-refractivity contribution is -0.147. The van der Waals surface area contributed by atoms with Crippen molar-refractivity contribution in [1.82, 2.24) is 0 Å². The van der Waals surface area contributed by atoms with E-state index in [1.54, 1.807) is 30.3 Å². The van der Waals surface area contributed by atoms with Crippen LogP contribution in [0.3, 0.4) is 0 Å². The maximum atomic E-state index is 13.7. The summed E-state index contributed by atoms with van der Waals surface area (Å²) >= 11 is 0. The summed E-state index contributed by atoms with van der Waals surface area (Å²) in [6.07, 6.45) is 1.01. The zero-order valence-electron chi connectivity index (χ0n) is 23.7.